The number of piperazine rings is 1. The van der Waals surface area contributed by atoms with Gasteiger partial charge in [0, 0.05) is 32.7 Å². The largest absolute Gasteiger partial charge is 0.339 e. The lowest BCUT2D eigenvalue weighted by Crippen LogP contribution is -2.55. The van der Waals surface area contributed by atoms with Gasteiger partial charge in [0.1, 0.15) is 10.9 Å². The Labute approximate surface area is 167 Å². The molecule has 2 fully saturated rings. The standard InChI is InChI=1S/C16H20F3N3O5S2/c1-28(24,25)22-6-2-3-12(22)16(23)20-7-9-21(10-8-20)29(26,27)13-5-4-11(17)14(18)15(13)19/h4-5,12H,2-3,6-10H2,1H3. The van der Waals surface area contributed by atoms with Crippen molar-refractivity contribution >= 4 is 26.0 Å². The van der Waals surface area contributed by atoms with E-state index >= 15 is 0 Å². The lowest BCUT2D eigenvalue weighted by molar-refractivity contribution is -0.135. The van der Waals surface area contributed by atoms with Crippen LogP contribution in [0.4, 0.5) is 13.2 Å². The maximum absolute atomic E-state index is 13.9. The van der Waals surface area contributed by atoms with Crippen molar-refractivity contribution in [2.24, 2.45) is 0 Å². The number of benzene rings is 1. The number of rotatable bonds is 4. The Balaban J connectivity index is 1.72. The Morgan fingerprint density at radius 1 is 0.966 bits per heavy atom. The summed E-state index contributed by atoms with van der Waals surface area (Å²) in [6.07, 6.45) is 1.96. The van der Waals surface area contributed by atoms with Gasteiger partial charge in [0.25, 0.3) is 0 Å². The molecule has 0 bridgehead atoms. The molecule has 0 saturated carbocycles. The molecule has 3 rings (SSSR count). The molecule has 1 aromatic carbocycles. The second-order valence-electron chi connectivity index (χ2n) is 6.93. The molecule has 2 heterocycles. The van der Waals surface area contributed by atoms with Gasteiger partial charge in [-0.3, -0.25) is 4.79 Å². The number of hydrogen-bond donors (Lipinski definition) is 0. The van der Waals surface area contributed by atoms with Gasteiger partial charge in [-0.05, 0) is 25.0 Å². The number of amides is 1. The molecule has 2 aliphatic heterocycles. The van der Waals surface area contributed by atoms with E-state index in [9.17, 15) is 34.8 Å². The van der Waals surface area contributed by atoms with Crippen molar-refractivity contribution in [1.82, 2.24) is 13.5 Å². The molecule has 0 spiro atoms. The minimum Gasteiger partial charge on any atom is -0.339 e. The van der Waals surface area contributed by atoms with Gasteiger partial charge < -0.3 is 4.90 Å². The number of hydrogen-bond acceptors (Lipinski definition) is 5. The summed E-state index contributed by atoms with van der Waals surface area (Å²) in [5.41, 5.74) is 0. The molecule has 1 aromatic rings. The zero-order valence-electron chi connectivity index (χ0n) is 15.5. The van der Waals surface area contributed by atoms with Crippen molar-refractivity contribution < 1.29 is 34.8 Å². The Bertz CT molecular complexity index is 1020. The molecule has 0 radical (unpaired) electrons. The van der Waals surface area contributed by atoms with Crippen molar-refractivity contribution in [3.8, 4) is 0 Å². The van der Waals surface area contributed by atoms with E-state index in [0.717, 1.165) is 14.9 Å². The van der Waals surface area contributed by atoms with Crippen LogP contribution >= 0.6 is 0 Å². The molecule has 29 heavy (non-hydrogen) atoms. The summed E-state index contributed by atoms with van der Waals surface area (Å²) < 4.78 is 91.3. The SMILES string of the molecule is CS(=O)(=O)N1CCCC1C(=O)N1CCN(S(=O)(=O)c2ccc(F)c(F)c2F)CC1. The van der Waals surface area contributed by atoms with Crippen molar-refractivity contribution in [1.29, 1.82) is 0 Å². The van der Waals surface area contributed by atoms with Crippen LogP contribution in [0.25, 0.3) is 0 Å². The summed E-state index contributed by atoms with van der Waals surface area (Å²) in [7, 11) is -7.97. The first-order valence-electron chi connectivity index (χ1n) is 8.84. The highest BCUT2D eigenvalue weighted by atomic mass is 32.2. The number of sulfonamides is 2. The zero-order valence-corrected chi connectivity index (χ0v) is 17.1. The third-order valence-corrected chi connectivity index (χ3v) is 8.29. The third-order valence-electron chi connectivity index (χ3n) is 5.08. The summed E-state index contributed by atoms with van der Waals surface area (Å²) in [5, 5.41) is 0. The summed E-state index contributed by atoms with van der Waals surface area (Å²) in [4.78, 5) is 13.1. The van der Waals surface area contributed by atoms with E-state index in [-0.39, 0.29) is 32.7 Å². The Hall–Kier alpha value is -1.70. The lowest BCUT2D eigenvalue weighted by atomic mass is 10.2. The molecule has 1 atom stereocenters. The van der Waals surface area contributed by atoms with E-state index in [1.54, 1.807) is 0 Å². The topological polar surface area (TPSA) is 95.1 Å². The predicted octanol–water partition coefficient (Wildman–Crippen LogP) is 0.361. The lowest BCUT2D eigenvalue weighted by Gasteiger charge is -2.36. The van der Waals surface area contributed by atoms with E-state index in [2.05, 4.69) is 0 Å². The van der Waals surface area contributed by atoms with Gasteiger partial charge in [-0.2, -0.15) is 8.61 Å². The van der Waals surface area contributed by atoms with E-state index < -0.39 is 54.3 Å². The second-order valence-corrected chi connectivity index (χ2v) is 10.8. The van der Waals surface area contributed by atoms with E-state index in [1.807, 2.05) is 0 Å². The smallest absolute Gasteiger partial charge is 0.246 e. The van der Waals surface area contributed by atoms with Gasteiger partial charge in [0.2, 0.25) is 26.0 Å². The van der Waals surface area contributed by atoms with E-state index in [0.29, 0.717) is 25.0 Å². The number of nitrogens with zero attached hydrogens (tertiary/aromatic N) is 3. The molecular weight excluding hydrogens is 435 g/mol. The average molecular weight is 455 g/mol. The van der Waals surface area contributed by atoms with Crippen LogP contribution in [0.2, 0.25) is 0 Å². The van der Waals surface area contributed by atoms with Crippen LogP contribution in [0.3, 0.4) is 0 Å². The highest BCUT2D eigenvalue weighted by Gasteiger charge is 2.40. The van der Waals surface area contributed by atoms with Crippen LogP contribution in [-0.4, -0.2) is 81.3 Å². The Morgan fingerprint density at radius 3 is 2.17 bits per heavy atom. The highest BCUT2D eigenvalue weighted by Crippen LogP contribution is 2.26. The minimum atomic E-state index is -4.43. The predicted molar refractivity (Wildman–Crippen MR) is 96.2 cm³/mol. The number of halogens is 3. The third kappa shape index (κ3) is 4.13. The van der Waals surface area contributed by atoms with Crippen LogP contribution in [-0.2, 0) is 24.8 Å². The molecular formula is C16H20F3N3O5S2. The van der Waals surface area contributed by atoms with Crippen LogP contribution in [0.1, 0.15) is 12.8 Å². The summed E-state index contributed by atoms with van der Waals surface area (Å²) >= 11 is 0. The summed E-state index contributed by atoms with van der Waals surface area (Å²) in [6.45, 7) is -0.176. The molecule has 1 amide bonds. The van der Waals surface area contributed by atoms with Gasteiger partial charge in [-0.15, -0.1) is 0 Å². The second kappa shape index (κ2) is 7.85. The first-order valence-corrected chi connectivity index (χ1v) is 12.1. The molecule has 0 N–H and O–H groups in total. The van der Waals surface area contributed by atoms with Crippen molar-refractivity contribution in [2.45, 2.75) is 23.8 Å². The van der Waals surface area contributed by atoms with Crippen molar-refractivity contribution in [3.05, 3.63) is 29.6 Å². The first-order chi connectivity index (χ1) is 13.4. The fourth-order valence-electron chi connectivity index (χ4n) is 3.59. The highest BCUT2D eigenvalue weighted by molar-refractivity contribution is 7.89. The van der Waals surface area contributed by atoms with Gasteiger partial charge in [-0.25, -0.2) is 30.0 Å². The average Bonchev–Trinajstić information content (AvgIpc) is 3.16. The molecule has 2 aliphatic rings. The monoisotopic (exact) mass is 455 g/mol. The number of carbonyl (C=O) groups is 1. The van der Waals surface area contributed by atoms with Crippen LogP contribution in [0, 0.1) is 17.5 Å². The molecule has 0 aliphatic carbocycles. The minimum absolute atomic E-state index is 0.0303. The van der Waals surface area contributed by atoms with Crippen molar-refractivity contribution in [3.63, 3.8) is 0 Å². The fraction of sp³-hybridized carbons (Fsp3) is 0.562. The van der Waals surface area contributed by atoms with Crippen LogP contribution in [0.15, 0.2) is 17.0 Å². The fourth-order valence-corrected chi connectivity index (χ4v) is 6.19. The molecule has 0 aromatic heterocycles. The molecule has 2 saturated heterocycles. The van der Waals surface area contributed by atoms with Crippen LogP contribution < -0.4 is 0 Å². The van der Waals surface area contributed by atoms with E-state index in [1.165, 1.54) is 4.90 Å². The van der Waals surface area contributed by atoms with Crippen LogP contribution in [0.5, 0.6) is 0 Å². The van der Waals surface area contributed by atoms with E-state index in [4.69, 9.17) is 0 Å². The zero-order chi connectivity index (χ0) is 21.6. The maximum atomic E-state index is 13.9. The Kier molecular flexibility index (Phi) is 5.96. The quantitative estimate of drug-likeness (QED) is 0.611. The van der Waals surface area contributed by atoms with Gasteiger partial charge >= 0.3 is 0 Å². The Morgan fingerprint density at radius 2 is 1.59 bits per heavy atom. The summed E-state index contributed by atoms with van der Waals surface area (Å²) in [6, 6.07) is 0.366. The molecule has 8 nitrogen and oxygen atoms in total. The van der Waals surface area contributed by atoms with Gasteiger partial charge in [-0.1, -0.05) is 0 Å². The van der Waals surface area contributed by atoms with Crippen molar-refractivity contribution in [2.75, 3.05) is 39.0 Å². The molecule has 1 unspecified atom stereocenters. The molecule has 13 heteroatoms. The molecule has 162 valence electrons. The normalized spacial score (nSPS) is 22.2. The summed E-state index contributed by atoms with van der Waals surface area (Å²) in [5.74, 6) is -5.58. The number of carbonyl (C=O) groups excluding carboxylic acids is 1. The van der Waals surface area contributed by atoms with Gasteiger partial charge in [0.15, 0.2) is 17.5 Å². The first kappa shape index (κ1) is 22.0. The van der Waals surface area contributed by atoms with Gasteiger partial charge in [0.05, 0.1) is 6.26 Å². The maximum Gasteiger partial charge on any atom is 0.246 e.